The number of halogens is 1. The summed E-state index contributed by atoms with van der Waals surface area (Å²) in [5.74, 6) is 0.836. The lowest BCUT2D eigenvalue weighted by atomic mass is 9.69. The molecule has 148 valence electrons. The number of carboxylic acids is 1. The van der Waals surface area contributed by atoms with E-state index in [0.29, 0.717) is 18.4 Å². The summed E-state index contributed by atoms with van der Waals surface area (Å²) in [4.78, 5) is 16.5. The molecule has 1 N–H and O–H groups in total. The molecule has 0 aromatic heterocycles. The van der Waals surface area contributed by atoms with Crippen LogP contribution in [0.25, 0.3) is 0 Å². The minimum absolute atomic E-state index is 0.299. The van der Waals surface area contributed by atoms with Gasteiger partial charge in [-0.1, -0.05) is 28.1 Å². The number of carbonyl (C=O) groups is 1. The molecule has 4 atom stereocenters. The number of benzene rings is 1. The van der Waals surface area contributed by atoms with Crippen molar-refractivity contribution in [2.75, 3.05) is 19.6 Å². The molecule has 0 unspecified atom stereocenters. The van der Waals surface area contributed by atoms with E-state index in [1.807, 2.05) is 0 Å². The predicted molar refractivity (Wildman–Crippen MR) is 111 cm³/mol. The SMILES string of the molecule is O=C(O)CCC[C@@H]1[C@H]2CCCN3CCC[C@@H](CN1Cc1ccc(Br)cc1)[C@@H]23. The summed E-state index contributed by atoms with van der Waals surface area (Å²) in [6, 6.07) is 9.96. The van der Waals surface area contributed by atoms with E-state index in [0.717, 1.165) is 35.8 Å². The summed E-state index contributed by atoms with van der Waals surface area (Å²) in [6.07, 6.45) is 7.42. The van der Waals surface area contributed by atoms with E-state index >= 15 is 0 Å². The topological polar surface area (TPSA) is 43.8 Å². The Balaban J connectivity index is 1.54. The van der Waals surface area contributed by atoms with Crippen molar-refractivity contribution in [1.82, 2.24) is 9.80 Å². The van der Waals surface area contributed by atoms with Crippen LogP contribution >= 0.6 is 15.9 Å². The second-order valence-corrected chi connectivity index (χ2v) is 9.56. The van der Waals surface area contributed by atoms with Gasteiger partial charge in [-0.25, -0.2) is 0 Å². The lowest BCUT2D eigenvalue weighted by Crippen LogP contribution is -2.64. The van der Waals surface area contributed by atoms with Crippen molar-refractivity contribution in [3.05, 3.63) is 34.3 Å². The number of likely N-dealkylation sites (tertiary alicyclic amines) is 1. The minimum atomic E-state index is -0.661. The highest BCUT2D eigenvalue weighted by Gasteiger charge is 2.48. The maximum atomic E-state index is 11.1. The van der Waals surface area contributed by atoms with Crippen LogP contribution < -0.4 is 0 Å². The van der Waals surface area contributed by atoms with E-state index in [1.165, 1.54) is 50.9 Å². The summed E-state index contributed by atoms with van der Waals surface area (Å²) < 4.78 is 1.12. The third-order valence-electron chi connectivity index (χ3n) is 6.97. The van der Waals surface area contributed by atoms with Crippen molar-refractivity contribution in [2.24, 2.45) is 11.8 Å². The third kappa shape index (κ3) is 4.41. The molecule has 0 bridgehead atoms. The van der Waals surface area contributed by atoms with Gasteiger partial charge in [-0.15, -0.1) is 0 Å². The highest BCUT2D eigenvalue weighted by atomic mass is 79.9. The number of hydrogen-bond acceptors (Lipinski definition) is 3. The molecule has 4 nitrogen and oxygen atoms in total. The smallest absolute Gasteiger partial charge is 0.303 e. The Hall–Kier alpha value is -0.910. The van der Waals surface area contributed by atoms with Gasteiger partial charge in [0.05, 0.1) is 0 Å². The van der Waals surface area contributed by atoms with Gasteiger partial charge < -0.3 is 5.11 Å². The number of nitrogens with zero attached hydrogens (tertiary/aromatic N) is 2. The van der Waals surface area contributed by atoms with E-state index in [1.54, 1.807) is 0 Å². The van der Waals surface area contributed by atoms with Crippen LogP contribution in [-0.2, 0) is 11.3 Å². The zero-order chi connectivity index (χ0) is 18.8. The largest absolute Gasteiger partial charge is 0.481 e. The van der Waals surface area contributed by atoms with Gasteiger partial charge in [0.25, 0.3) is 0 Å². The second kappa shape index (κ2) is 8.62. The molecule has 3 aliphatic heterocycles. The Morgan fingerprint density at radius 3 is 2.63 bits per heavy atom. The molecular weight excluding hydrogens is 404 g/mol. The lowest BCUT2D eigenvalue weighted by Gasteiger charge is -2.57. The van der Waals surface area contributed by atoms with Crippen LogP contribution in [0.4, 0.5) is 0 Å². The zero-order valence-corrected chi connectivity index (χ0v) is 17.6. The van der Waals surface area contributed by atoms with Gasteiger partial charge in [-0.2, -0.15) is 0 Å². The van der Waals surface area contributed by atoms with Crippen LogP contribution in [0.15, 0.2) is 28.7 Å². The Labute approximate surface area is 171 Å². The maximum Gasteiger partial charge on any atom is 0.303 e. The Morgan fingerprint density at radius 2 is 1.89 bits per heavy atom. The first-order valence-corrected chi connectivity index (χ1v) is 11.4. The Kier molecular flexibility index (Phi) is 6.20. The summed E-state index contributed by atoms with van der Waals surface area (Å²) in [5, 5.41) is 9.11. The minimum Gasteiger partial charge on any atom is -0.481 e. The molecule has 1 aromatic rings. The zero-order valence-electron chi connectivity index (χ0n) is 16.0. The van der Waals surface area contributed by atoms with Crippen molar-refractivity contribution >= 4 is 21.9 Å². The van der Waals surface area contributed by atoms with Gasteiger partial charge in [0.1, 0.15) is 0 Å². The first-order valence-electron chi connectivity index (χ1n) is 10.6. The maximum absolute atomic E-state index is 11.1. The fourth-order valence-corrected chi connectivity index (χ4v) is 6.21. The predicted octanol–water partition coefficient (Wildman–Crippen LogP) is 4.38. The highest BCUT2D eigenvalue weighted by molar-refractivity contribution is 9.10. The Bertz CT molecular complexity index is 648. The van der Waals surface area contributed by atoms with Crippen molar-refractivity contribution in [1.29, 1.82) is 0 Å². The number of rotatable bonds is 6. The van der Waals surface area contributed by atoms with Gasteiger partial charge in [-0.3, -0.25) is 14.6 Å². The van der Waals surface area contributed by atoms with Crippen molar-refractivity contribution in [2.45, 2.75) is 63.6 Å². The van der Waals surface area contributed by atoms with E-state index in [4.69, 9.17) is 5.11 Å². The fourth-order valence-electron chi connectivity index (χ4n) is 5.95. The molecule has 0 amide bonds. The lowest BCUT2D eigenvalue weighted by molar-refractivity contribution is -0.137. The van der Waals surface area contributed by atoms with Gasteiger partial charge in [0.2, 0.25) is 0 Å². The monoisotopic (exact) mass is 434 g/mol. The van der Waals surface area contributed by atoms with Crippen molar-refractivity contribution in [3.63, 3.8) is 0 Å². The van der Waals surface area contributed by atoms with E-state index < -0.39 is 5.97 Å². The van der Waals surface area contributed by atoms with Gasteiger partial charge in [-0.05, 0) is 81.1 Å². The first-order chi connectivity index (χ1) is 13.1. The molecule has 5 heteroatoms. The summed E-state index contributed by atoms with van der Waals surface area (Å²) in [7, 11) is 0. The van der Waals surface area contributed by atoms with Crippen LogP contribution in [0.1, 0.15) is 50.5 Å². The normalized spacial score (nSPS) is 31.4. The standard InChI is InChI=1S/C22H31BrN2O2/c23-18-10-8-16(9-11-18)14-25-15-17-4-2-12-24-13-3-5-19(22(17)24)20(25)6-1-7-21(26)27/h8-11,17,19-20,22H,1-7,12-15H2,(H,26,27)/t17-,19+,20+,22-/m0/s1. The molecule has 0 spiro atoms. The highest BCUT2D eigenvalue weighted by Crippen LogP contribution is 2.43. The molecule has 27 heavy (non-hydrogen) atoms. The van der Waals surface area contributed by atoms with Crippen LogP contribution in [0.3, 0.4) is 0 Å². The summed E-state index contributed by atoms with van der Waals surface area (Å²) in [5.41, 5.74) is 1.36. The molecule has 0 aliphatic carbocycles. The Morgan fingerprint density at radius 1 is 1.15 bits per heavy atom. The van der Waals surface area contributed by atoms with Crippen molar-refractivity contribution < 1.29 is 9.90 Å². The first kappa shape index (κ1) is 19.4. The summed E-state index contributed by atoms with van der Waals surface area (Å²) >= 11 is 3.54. The number of hydrogen-bond donors (Lipinski definition) is 1. The second-order valence-electron chi connectivity index (χ2n) is 8.64. The number of piperidine rings is 3. The van der Waals surface area contributed by atoms with Crippen LogP contribution in [0, 0.1) is 11.8 Å². The van der Waals surface area contributed by atoms with E-state index in [2.05, 4.69) is 50.0 Å². The quantitative estimate of drug-likeness (QED) is 0.721. The number of aliphatic carboxylic acids is 1. The molecule has 3 fully saturated rings. The molecular formula is C22H31BrN2O2. The molecule has 3 aliphatic rings. The van der Waals surface area contributed by atoms with Crippen molar-refractivity contribution in [3.8, 4) is 0 Å². The number of carboxylic acid groups (broad SMARTS) is 1. The van der Waals surface area contributed by atoms with Crippen LogP contribution in [0.5, 0.6) is 0 Å². The van der Waals surface area contributed by atoms with E-state index in [-0.39, 0.29) is 0 Å². The average molecular weight is 435 g/mol. The van der Waals surface area contributed by atoms with Gasteiger partial charge in [0.15, 0.2) is 0 Å². The van der Waals surface area contributed by atoms with E-state index in [9.17, 15) is 4.79 Å². The van der Waals surface area contributed by atoms with Gasteiger partial charge in [0, 0.05) is 36.1 Å². The average Bonchev–Trinajstić information content (AvgIpc) is 2.66. The van der Waals surface area contributed by atoms with Crippen LogP contribution in [0.2, 0.25) is 0 Å². The molecule has 4 rings (SSSR count). The molecule has 3 saturated heterocycles. The fraction of sp³-hybridized carbons (Fsp3) is 0.682. The summed E-state index contributed by atoms with van der Waals surface area (Å²) in [6.45, 7) is 4.70. The molecule has 0 saturated carbocycles. The molecule has 3 heterocycles. The van der Waals surface area contributed by atoms with Crippen LogP contribution in [-0.4, -0.2) is 52.6 Å². The van der Waals surface area contributed by atoms with Gasteiger partial charge >= 0.3 is 5.97 Å². The third-order valence-corrected chi connectivity index (χ3v) is 7.50. The molecule has 1 aromatic carbocycles. The molecule has 0 radical (unpaired) electrons.